The Labute approximate surface area is 504 Å². The average molecular weight is 1250 g/mol. The van der Waals surface area contributed by atoms with Crippen molar-refractivity contribution in [3.05, 3.63) is 85.1 Å². The van der Waals surface area contributed by atoms with Crippen LogP contribution in [0.3, 0.4) is 0 Å². The van der Waals surface area contributed by atoms with E-state index in [1.54, 1.807) is 93.7 Å². The summed E-state index contributed by atoms with van der Waals surface area (Å²) < 4.78 is 40.0. The smallest absolute Gasteiger partial charge is 0.311 e. The second kappa shape index (κ2) is 34.5. The molecule has 5 heterocycles. The molecule has 28 heteroatoms. The van der Waals surface area contributed by atoms with Gasteiger partial charge in [-0.05, 0) is 39.5 Å². The van der Waals surface area contributed by atoms with Crippen molar-refractivity contribution in [3.8, 4) is 0 Å². The summed E-state index contributed by atoms with van der Waals surface area (Å²) in [7, 11) is 0. The number of carboxylic acids is 1. The quantitative estimate of drug-likeness (QED) is 0.0978. The number of cyclic esters (lactones) is 1. The molecule has 5 rings (SSSR count). The lowest BCUT2D eigenvalue weighted by atomic mass is 9.82. The van der Waals surface area contributed by atoms with Crippen molar-refractivity contribution in [2.75, 3.05) is 19.8 Å². The van der Waals surface area contributed by atoms with Crippen molar-refractivity contribution >= 4 is 11.9 Å². The third-order valence-electron chi connectivity index (χ3n) is 16.4. The normalized spacial score (nSPS) is 47.7. The van der Waals surface area contributed by atoms with Crippen LogP contribution in [0, 0.1) is 17.8 Å². The van der Waals surface area contributed by atoms with Gasteiger partial charge in [0, 0.05) is 31.1 Å². The second-order valence-corrected chi connectivity index (χ2v) is 23.4. The minimum atomic E-state index is -2.68. The first kappa shape index (κ1) is 73.9. The predicted octanol–water partition coefficient (Wildman–Crippen LogP) is -4.03. The van der Waals surface area contributed by atoms with Crippen molar-refractivity contribution in [3.63, 3.8) is 0 Å². The van der Waals surface area contributed by atoms with E-state index < -0.39 is 221 Å². The van der Waals surface area contributed by atoms with Crippen molar-refractivity contribution in [2.24, 2.45) is 17.8 Å². The molecule has 4 saturated heterocycles. The van der Waals surface area contributed by atoms with Gasteiger partial charge in [0.1, 0.15) is 60.9 Å². The van der Waals surface area contributed by atoms with Gasteiger partial charge in [-0.1, -0.05) is 98.9 Å². The number of esters is 1. The number of aliphatic hydroxyl groups excluding tert-OH is 15. The number of hydrogen-bond donors (Lipinski definition) is 19. The molecule has 0 spiro atoms. The average Bonchev–Trinajstić information content (AvgIpc) is 0.907. The Balaban J connectivity index is 1.37. The van der Waals surface area contributed by atoms with E-state index in [1.165, 1.54) is 19.1 Å². The molecule has 0 aromatic rings. The maximum atomic E-state index is 12.8. The molecule has 4 fully saturated rings. The standard InChI is InChI=1S/C59H93NO27/c1-30-17-15-13-11-9-7-5-6-8-10-12-14-16-18-37(84-56-50(73)46(48(71)33(4)83-56)60-29-59(80)54(76)53(41(68)28-81-59)86-57-52(75)51(74)49(72)43(27-61)85-57)24-42-45(55(77)78)40(67)26-58(79,87-42)25-39(66)38(65)20-19-34(62)21-35(63)22-36(64)23-44(69)82-32(3)31(2)47(30)70/h5-18,30-43,45-54,56-57,60-68,70-76,79-80H,19-29H2,1-4H3,(H,77,78)/b6-5+,9-7+,10-8+,13-11+,14-12+,17-15+,18-16+/t30-,31-,32-,33+,34+,35+,36+,37-,38+,39+,40-,41+,42-,43+,45+,46-,47+,48+,49-,50-,51-,52+,53+,54-,56-,57-,58+,59-/m0/s1. The minimum absolute atomic E-state index is 0.212. The van der Waals surface area contributed by atoms with E-state index in [9.17, 15) is 102 Å². The number of aliphatic hydroxyl groups is 17. The maximum absolute atomic E-state index is 12.8. The molecule has 0 saturated carbocycles. The Bertz CT molecular complexity index is 2320. The first-order valence-electron chi connectivity index (χ1n) is 29.4. The highest BCUT2D eigenvalue weighted by Gasteiger charge is 2.55. The van der Waals surface area contributed by atoms with E-state index in [-0.39, 0.29) is 31.6 Å². The highest BCUT2D eigenvalue weighted by molar-refractivity contribution is 5.71. The molecule has 496 valence electrons. The zero-order valence-corrected chi connectivity index (χ0v) is 49.1. The van der Waals surface area contributed by atoms with Gasteiger partial charge in [0.2, 0.25) is 5.79 Å². The molecule has 0 aromatic carbocycles. The Kier molecular flexibility index (Phi) is 29.3. The van der Waals surface area contributed by atoms with Crippen molar-refractivity contribution in [2.45, 2.75) is 231 Å². The first-order valence-corrected chi connectivity index (χ1v) is 29.4. The van der Waals surface area contributed by atoms with Gasteiger partial charge < -0.3 is 130 Å². The molecule has 0 amide bonds. The van der Waals surface area contributed by atoms with Gasteiger partial charge in [0.15, 0.2) is 18.4 Å². The summed E-state index contributed by atoms with van der Waals surface area (Å²) >= 11 is 0. The van der Waals surface area contributed by atoms with E-state index in [0.29, 0.717) is 0 Å². The molecule has 19 N–H and O–H groups in total. The van der Waals surface area contributed by atoms with Crippen molar-refractivity contribution in [1.29, 1.82) is 0 Å². The van der Waals surface area contributed by atoms with Crippen LogP contribution in [0.2, 0.25) is 0 Å². The zero-order valence-electron chi connectivity index (χ0n) is 49.1. The summed E-state index contributed by atoms with van der Waals surface area (Å²) in [6.45, 7) is 4.19. The molecule has 2 bridgehead atoms. The zero-order chi connectivity index (χ0) is 64.5. The molecular weight excluding hydrogens is 1150 g/mol. The first-order chi connectivity index (χ1) is 41.0. The van der Waals surface area contributed by atoms with Crippen LogP contribution in [0.25, 0.3) is 0 Å². The Morgan fingerprint density at radius 2 is 1.18 bits per heavy atom. The molecule has 0 aliphatic carbocycles. The molecule has 0 aromatic heterocycles. The Morgan fingerprint density at radius 3 is 1.79 bits per heavy atom. The van der Waals surface area contributed by atoms with Crippen LogP contribution in [-0.4, -0.2) is 276 Å². The maximum Gasteiger partial charge on any atom is 0.311 e. The van der Waals surface area contributed by atoms with Crippen LogP contribution in [0.1, 0.15) is 79.1 Å². The van der Waals surface area contributed by atoms with Crippen LogP contribution in [0.5, 0.6) is 0 Å². The molecule has 87 heavy (non-hydrogen) atoms. The number of rotatable bonds is 9. The lowest BCUT2D eigenvalue weighted by molar-refractivity contribution is -0.368. The number of hydrogen-bond acceptors (Lipinski definition) is 27. The van der Waals surface area contributed by atoms with Gasteiger partial charge in [-0.3, -0.25) is 9.59 Å². The van der Waals surface area contributed by atoms with Crippen molar-refractivity contribution < 1.29 is 135 Å². The molecule has 28 atom stereocenters. The second-order valence-electron chi connectivity index (χ2n) is 23.4. The van der Waals surface area contributed by atoms with E-state index in [2.05, 4.69) is 5.32 Å². The van der Waals surface area contributed by atoms with E-state index in [4.69, 9.17) is 33.2 Å². The number of nitrogens with one attached hydrogen (secondary N) is 1. The number of fused-ring (bicyclic) bond motifs is 2. The molecule has 28 nitrogen and oxygen atoms in total. The Morgan fingerprint density at radius 1 is 0.609 bits per heavy atom. The monoisotopic (exact) mass is 1250 g/mol. The molecular formula is C59H93NO27. The van der Waals surface area contributed by atoms with Gasteiger partial charge in [0.25, 0.3) is 0 Å². The van der Waals surface area contributed by atoms with Gasteiger partial charge in [0.05, 0.1) is 99.4 Å². The fourth-order valence-electron chi connectivity index (χ4n) is 11.0. The topological polar surface area (TPSA) is 475 Å². The fraction of sp³-hybridized carbons (Fsp3) is 0.729. The number of carboxylic acid groups (broad SMARTS) is 1. The fourth-order valence-corrected chi connectivity index (χ4v) is 11.0. The van der Waals surface area contributed by atoms with Gasteiger partial charge >= 0.3 is 11.9 Å². The molecule has 5 aliphatic rings. The summed E-state index contributed by atoms with van der Waals surface area (Å²) in [4.78, 5) is 25.5. The number of ether oxygens (including phenoxy) is 7. The van der Waals surface area contributed by atoms with E-state index in [1.807, 2.05) is 0 Å². The van der Waals surface area contributed by atoms with Crippen LogP contribution in [-0.2, 0) is 42.7 Å². The van der Waals surface area contributed by atoms with Crippen LogP contribution in [0.4, 0.5) is 0 Å². The molecule has 0 radical (unpaired) electrons. The van der Waals surface area contributed by atoms with E-state index in [0.717, 1.165) is 0 Å². The number of aliphatic carboxylic acids is 1. The summed E-state index contributed by atoms with van der Waals surface area (Å²) in [6, 6.07) is -1.49. The lowest BCUT2D eigenvalue weighted by Crippen LogP contribution is -2.70. The predicted molar refractivity (Wildman–Crippen MR) is 302 cm³/mol. The highest BCUT2D eigenvalue weighted by atomic mass is 16.7. The SMILES string of the molecule is C[C@@H]1[C@H](O)[C@@H](C)/C=C/C=C/C=C/C=C/C=C/C=C/C=C/[C@H](O[C@@H]2O[C@H](C)[C@@H](O)[C@H](NC[C@]3(O)OC[C@@H](O)[C@@H](O[C@@H]4O[C@H](CO)[C@H](O)[C@H](O)[C@H]4O)[C@@H]3O)[C@@H]2O)C[C@@H]2O[C@](O)(C[C@@H](O)[C@H](O)CC[C@@H](O)C[C@@H](O)C[C@@H](O)CC(=O)O[C@H]1C)C[C@H](O)[C@H]2C(=O)O. The third kappa shape index (κ3) is 21.4. The van der Waals surface area contributed by atoms with Crippen LogP contribution < -0.4 is 5.32 Å². The minimum Gasteiger partial charge on any atom is -0.481 e. The number of carbonyl (C=O) groups is 2. The van der Waals surface area contributed by atoms with Crippen molar-refractivity contribution in [1.82, 2.24) is 5.32 Å². The van der Waals surface area contributed by atoms with Gasteiger partial charge in [-0.15, -0.1) is 0 Å². The Hall–Kier alpha value is -3.84. The summed E-state index contributed by atoms with van der Waals surface area (Å²) in [5.41, 5.74) is 0. The number of allylic oxidation sites excluding steroid dienone is 12. The van der Waals surface area contributed by atoms with Crippen LogP contribution >= 0.6 is 0 Å². The molecule has 5 aliphatic heterocycles. The highest BCUT2D eigenvalue weighted by Crippen LogP contribution is 2.39. The van der Waals surface area contributed by atoms with Gasteiger partial charge in [-0.2, -0.15) is 0 Å². The largest absolute Gasteiger partial charge is 0.481 e. The van der Waals surface area contributed by atoms with Crippen LogP contribution in [0.15, 0.2) is 85.1 Å². The lowest BCUT2D eigenvalue weighted by Gasteiger charge is -2.48. The summed E-state index contributed by atoms with van der Waals surface area (Å²) in [6.07, 6.45) is -15.0. The van der Waals surface area contributed by atoms with E-state index >= 15 is 0 Å². The van der Waals surface area contributed by atoms with Gasteiger partial charge in [-0.25, -0.2) is 0 Å². The third-order valence-corrected chi connectivity index (χ3v) is 16.4. The summed E-state index contributed by atoms with van der Waals surface area (Å²) in [5.74, 6) is -10.1. The summed E-state index contributed by atoms with van der Waals surface area (Å²) in [5, 5.41) is 199. The number of carbonyl (C=O) groups excluding carboxylic acids is 1. The molecule has 0 unspecified atom stereocenters.